The summed E-state index contributed by atoms with van der Waals surface area (Å²) in [6.07, 6.45) is 16.5. The monoisotopic (exact) mass is 742 g/mol. The molecule has 4 nitrogen and oxygen atoms in total. The molecular formula is C31H56I2N2O2. The minimum atomic E-state index is -0.115. The number of aliphatic hydroxyl groups excluding tert-OH is 2. The van der Waals surface area contributed by atoms with Crippen LogP contribution in [0.5, 0.6) is 0 Å². The van der Waals surface area contributed by atoms with Gasteiger partial charge in [0, 0.05) is 11.8 Å². The first-order chi connectivity index (χ1) is 16.6. The Hall–Kier alpha value is 1.30. The maximum Gasteiger partial charge on any atom is 0.121 e. The Kier molecular flexibility index (Phi) is 9.44. The van der Waals surface area contributed by atoms with Gasteiger partial charge in [-0.1, -0.05) is 13.8 Å². The average Bonchev–Trinajstić information content (AvgIpc) is 3.10. The molecule has 4 aliphatic carbocycles. The third-order valence-electron chi connectivity index (χ3n) is 13.8. The van der Waals surface area contributed by atoms with Crippen molar-refractivity contribution in [2.45, 2.75) is 122 Å². The molecule has 2 heterocycles. The minimum Gasteiger partial charge on any atom is -1.00 e. The van der Waals surface area contributed by atoms with Gasteiger partial charge in [-0.15, -0.1) is 0 Å². The topological polar surface area (TPSA) is 40.5 Å². The SMILES string of the molecule is C[C@]12C[C@H]([N+]3(C)CCCCC3)[C@@H](O)C[C@@H]1CC[C@@H]1[C@@H]2CC[C@@]2(C)[C@H]1C[C@H](O)[C@@H]2[N+]1(C)CCCCC1.[I-].[I-]. The van der Waals surface area contributed by atoms with Crippen molar-refractivity contribution >= 4 is 0 Å². The number of halogens is 2. The Morgan fingerprint density at radius 3 is 1.86 bits per heavy atom. The summed E-state index contributed by atoms with van der Waals surface area (Å²) in [5.74, 6) is 2.97. The van der Waals surface area contributed by atoms with Gasteiger partial charge in [0.25, 0.3) is 0 Å². The second-order valence-corrected chi connectivity index (χ2v) is 15.5. The van der Waals surface area contributed by atoms with Gasteiger partial charge in [0.15, 0.2) is 0 Å². The Morgan fingerprint density at radius 2 is 1.24 bits per heavy atom. The molecule has 6 heteroatoms. The molecule has 2 saturated heterocycles. The molecule has 2 N–H and O–H groups in total. The Bertz CT molecular complexity index is 800. The number of likely N-dealkylation sites (N-methyl/N-ethyl adjacent to an activating group) is 2. The Balaban J connectivity index is 0.00000160. The molecule has 37 heavy (non-hydrogen) atoms. The summed E-state index contributed by atoms with van der Waals surface area (Å²) in [5.41, 5.74) is 0.675. The highest BCUT2D eigenvalue weighted by Gasteiger charge is 2.67. The maximum atomic E-state index is 11.6. The lowest BCUT2D eigenvalue weighted by molar-refractivity contribution is -0.946. The van der Waals surface area contributed by atoms with E-state index in [-0.39, 0.29) is 60.2 Å². The lowest BCUT2D eigenvalue weighted by Crippen LogP contribution is -3.00. The summed E-state index contributed by atoms with van der Waals surface area (Å²) < 4.78 is 2.26. The first-order valence-electron chi connectivity index (χ1n) is 15.7. The molecule has 0 amide bonds. The lowest BCUT2D eigenvalue weighted by Gasteiger charge is -2.63. The molecule has 0 aromatic rings. The molecule has 4 saturated carbocycles. The summed E-state index contributed by atoms with van der Waals surface area (Å²) in [4.78, 5) is 0. The van der Waals surface area contributed by atoms with Gasteiger partial charge in [0.05, 0.1) is 40.3 Å². The van der Waals surface area contributed by atoms with E-state index >= 15 is 0 Å². The number of hydrogen-bond donors (Lipinski definition) is 2. The third-order valence-corrected chi connectivity index (χ3v) is 13.8. The highest BCUT2D eigenvalue weighted by atomic mass is 127. The number of fused-ring (bicyclic) bond motifs is 5. The largest absolute Gasteiger partial charge is 1.00 e. The molecule has 0 radical (unpaired) electrons. The van der Waals surface area contributed by atoms with E-state index in [0.717, 1.165) is 33.6 Å². The van der Waals surface area contributed by atoms with Gasteiger partial charge in [-0.2, -0.15) is 0 Å². The van der Waals surface area contributed by atoms with Crippen LogP contribution in [-0.2, 0) is 0 Å². The standard InChI is InChI=1S/C31H56N2O2.2HI/c1-30-14-13-24-23(25(30)20-28(35)29(30)33(4)17-9-6-10-18-33)12-11-22-19-27(34)26(21-31(22,24)2)32(3)15-7-5-8-16-32;;/h22-29,34-35H,5-21H2,1-4H3;2*1H/q+2;;/p-2/t22-,23+,24-,25-,26-,27-,28-,29-,30-,31-;;/m0../s1. The van der Waals surface area contributed by atoms with E-state index in [2.05, 4.69) is 27.9 Å². The second kappa shape index (κ2) is 11.2. The quantitative estimate of drug-likeness (QED) is 0.282. The van der Waals surface area contributed by atoms with Crippen LogP contribution < -0.4 is 48.0 Å². The van der Waals surface area contributed by atoms with E-state index in [1.807, 2.05) is 0 Å². The predicted molar refractivity (Wildman–Crippen MR) is 142 cm³/mol. The van der Waals surface area contributed by atoms with Crippen molar-refractivity contribution in [1.82, 2.24) is 0 Å². The van der Waals surface area contributed by atoms with E-state index in [1.165, 1.54) is 96.8 Å². The van der Waals surface area contributed by atoms with Gasteiger partial charge in [0.1, 0.15) is 24.3 Å². The molecule has 0 aromatic heterocycles. The number of aliphatic hydroxyl groups is 2. The zero-order valence-electron chi connectivity index (χ0n) is 24.2. The average molecular weight is 743 g/mol. The van der Waals surface area contributed by atoms with Crippen LogP contribution in [0.4, 0.5) is 0 Å². The first kappa shape index (κ1) is 31.2. The zero-order chi connectivity index (χ0) is 24.6. The van der Waals surface area contributed by atoms with E-state index in [4.69, 9.17) is 0 Å². The van der Waals surface area contributed by atoms with E-state index < -0.39 is 0 Å². The minimum absolute atomic E-state index is 0. The summed E-state index contributed by atoms with van der Waals surface area (Å²) in [6.45, 7) is 10.3. The van der Waals surface area contributed by atoms with Crippen molar-refractivity contribution in [1.29, 1.82) is 0 Å². The summed E-state index contributed by atoms with van der Waals surface area (Å²) in [6, 6.07) is 0.876. The fraction of sp³-hybridized carbons (Fsp3) is 1.00. The Labute approximate surface area is 261 Å². The highest BCUT2D eigenvalue weighted by molar-refractivity contribution is 5.13. The van der Waals surface area contributed by atoms with Crippen LogP contribution >= 0.6 is 0 Å². The fourth-order valence-corrected chi connectivity index (χ4v) is 12.1. The molecule has 0 unspecified atom stereocenters. The Morgan fingerprint density at radius 1 is 0.649 bits per heavy atom. The van der Waals surface area contributed by atoms with Crippen LogP contribution in [0.2, 0.25) is 0 Å². The van der Waals surface area contributed by atoms with Crippen molar-refractivity contribution in [3.05, 3.63) is 0 Å². The van der Waals surface area contributed by atoms with Crippen LogP contribution in [0.15, 0.2) is 0 Å². The van der Waals surface area contributed by atoms with Crippen LogP contribution in [0.25, 0.3) is 0 Å². The summed E-state index contributed by atoms with van der Waals surface area (Å²) in [5, 5.41) is 23.0. The molecule has 0 bridgehead atoms. The number of nitrogens with zero attached hydrogens (tertiary/aromatic N) is 2. The molecule has 10 atom stereocenters. The van der Waals surface area contributed by atoms with Crippen molar-refractivity contribution in [3.8, 4) is 0 Å². The van der Waals surface area contributed by atoms with Crippen molar-refractivity contribution < 1.29 is 67.1 Å². The van der Waals surface area contributed by atoms with Gasteiger partial charge in [-0.05, 0) is 106 Å². The molecule has 2 aliphatic heterocycles. The first-order valence-corrected chi connectivity index (χ1v) is 15.7. The zero-order valence-corrected chi connectivity index (χ0v) is 28.5. The molecule has 216 valence electrons. The van der Waals surface area contributed by atoms with Gasteiger partial charge in [0.2, 0.25) is 0 Å². The number of likely N-dealkylation sites (tertiary alicyclic amines) is 2. The van der Waals surface area contributed by atoms with Gasteiger partial charge >= 0.3 is 0 Å². The van der Waals surface area contributed by atoms with Gasteiger partial charge in [-0.3, -0.25) is 0 Å². The number of hydrogen-bond acceptors (Lipinski definition) is 2. The van der Waals surface area contributed by atoms with Gasteiger partial charge < -0.3 is 67.1 Å². The molecule has 0 spiro atoms. The van der Waals surface area contributed by atoms with Crippen molar-refractivity contribution in [3.63, 3.8) is 0 Å². The van der Waals surface area contributed by atoms with E-state index in [9.17, 15) is 10.2 Å². The molecule has 6 rings (SSSR count). The predicted octanol–water partition coefficient (Wildman–Crippen LogP) is -1.02. The summed E-state index contributed by atoms with van der Waals surface area (Å²) >= 11 is 0. The van der Waals surface area contributed by atoms with Crippen molar-refractivity contribution in [2.24, 2.45) is 34.5 Å². The van der Waals surface area contributed by atoms with Crippen LogP contribution in [-0.4, -0.2) is 83.7 Å². The van der Waals surface area contributed by atoms with Crippen LogP contribution in [0, 0.1) is 34.5 Å². The number of rotatable bonds is 2. The fourth-order valence-electron chi connectivity index (χ4n) is 12.1. The lowest BCUT2D eigenvalue weighted by atomic mass is 9.44. The molecule has 6 fully saturated rings. The molecule has 0 aromatic carbocycles. The van der Waals surface area contributed by atoms with E-state index in [1.54, 1.807) is 0 Å². The second-order valence-electron chi connectivity index (χ2n) is 15.5. The maximum absolute atomic E-state index is 11.6. The van der Waals surface area contributed by atoms with Gasteiger partial charge in [-0.25, -0.2) is 0 Å². The third kappa shape index (κ3) is 4.91. The molecule has 6 aliphatic rings. The summed E-state index contributed by atoms with van der Waals surface area (Å²) in [7, 11) is 4.95. The smallest absolute Gasteiger partial charge is 0.121 e. The highest BCUT2D eigenvalue weighted by Crippen LogP contribution is 2.67. The normalized spacial score (nSPS) is 50.4. The number of piperidine rings is 2. The van der Waals surface area contributed by atoms with E-state index in [0.29, 0.717) is 34.7 Å². The van der Waals surface area contributed by atoms with Crippen molar-refractivity contribution in [2.75, 3.05) is 40.3 Å². The number of quaternary nitrogens is 2. The van der Waals surface area contributed by atoms with Crippen LogP contribution in [0.3, 0.4) is 0 Å². The molecular weight excluding hydrogens is 686 g/mol. The van der Waals surface area contributed by atoms with Crippen LogP contribution in [0.1, 0.15) is 97.3 Å².